The van der Waals surface area contributed by atoms with Gasteiger partial charge in [-0.2, -0.15) is 5.10 Å². The molecule has 4 heterocycles. The standard InChI is InChI=1S/C19H25N5O/c1-22-12-17(11-21-22)13-23-9-2-5-19(15-23)6-10-24(18(19)25)14-16-3-7-20-8-4-16/h3-4,7-8,11-12H,2,5-6,9-10,13-15H2,1H3/t19-/m0/s1. The Hall–Kier alpha value is -2.21. The second-order valence-electron chi connectivity index (χ2n) is 7.45. The van der Waals surface area contributed by atoms with Gasteiger partial charge < -0.3 is 4.90 Å². The summed E-state index contributed by atoms with van der Waals surface area (Å²) in [6.45, 7) is 4.38. The molecule has 2 aliphatic rings. The number of carbonyl (C=O) groups is 1. The van der Waals surface area contributed by atoms with Gasteiger partial charge in [0.15, 0.2) is 0 Å². The van der Waals surface area contributed by atoms with Crippen LogP contribution < -0.4 is 0 Å². The molecule has 1 atom stereocenters. The molecule has 2 aromatic rings. The van der Waals surface area contributed by atoms with Crippen LogP contribution in [0.25, 0.3) is 0 Å². The van der Waals surface area contributed by atoms with E-state index in [0.717, 1.165) is 51.0 Å². The summed E-state index contributed by atoms with van der Waals surface area (Å²) in [5.41, 5.74) is 2.19. The molecule has 2 aromatic heterocycles. The Morgan fingerprint density at radius 3 is 2.72 bits per heavy atom. The molecule has 0 aliphatic carbocycles. The minimum absolute atomic E-state index is 0.187. The van der Waals surface area contributed by atoms with Crippen molar-refractivity contribution in [3.63, 3.8) is 0 Å². The number of aromatic nitrogens is 3. The second-order valence-corrected chi connectivity index (χ2v) is 7.45. The average molecular weight is 339 g/mol. The van der Waals surface area contributed by atoms with Gasteiger partial charge in [0, 0.05) is 57.4 Å². The highest BCUT2D eigenvalue weighted by molar-refractivity contribution is 5.85. The van der Waals surface area contributed by atoms with E-state index in [1.54, 1.807) is 12.4 Å². The predicted molar refractivity (Wildman–Crippen MR) is 94.4 cm³/mol. The van der Waals surface area contributed by atoms with Crippen LogP contribution in [0, 0.1) is 5.41 Å². The molecule has 2 aliphatic heterocycles. The minimum Gasteiger partial charge on any atom is -0.338 e. The van der Waals surface area contributed by atoms with Crippen LogP contribution in [-0.4, -0.2) is 50.1 Å². The number of carbonyl (C=O) groups excluding carboxylic acids is 1. The molecule has 132 valence electrons. The van der Waals surface area contributed by atoms with Crippen LogP contribution in [0.15, 0.2) is 36.9 Å². The van der Waals surface area contributed by atoms with Gasteiger partial charge in [-0.05, 0) is 43.5 Å². The summed E-state index contributed by atoms with van der Waals surface area (Å²) in [7, 11) is 1.94. The van der Waals surface area contributed by atoms with Gasteiger partial charge in [0.25, 0.3) is 0 Å². The number of pyridine rings is 1. The van der Waals surface area contributed by atoms with Crippen LogP contribution >= 0.6 is 0 Å². The van der Waals surface area contributed by atoms with Gasteiger partial charge in [-0.25, -0.2) is 0 Å². The first-order chi connectivity index (χ1) is 12.1. The molecule has 1 spiro atoms. The number of amides is 1. The first-order valence-electron chi connectivity index (χ1n) is 9.03. The largest absolute Gasteiger partial charge is 0.338 e. The third-order valence-corrected chi connectivity index (χ3v) is 5.54. The fraction of sp³-hybridized carbons (Fsp3) is 0.526. The van der Waals surface area contributed by atoms with E-state index in [1.807, 2.05) is 35.0 Å². The Bertz CT molecular complexity index is 743. The number of rotatable bonds is 4. The number of piperidine rings is 1. The van der Waals surface area contributed by atoms with Crippen molar-refractivity contribution >= 4 is 5.91 Å². The highest BCUT2D eigenvalue weighted by Gasteiger charge is 2.48. The second kappa shape index (κ2) is 6.59. The van der Waals surface area contributed by atoms with Gasteiger partial charge in [-0.15, -0.1) is 0 Å². The highest BCUT2D eigenvalue weighted by Crippen LogP contribution is 2.41. The highest BCUT2D eigenvalue weighted by atomic mass is 16.2. The third-order valence-electron chi connectivity index (χ3n) is 5.54. The zero-order chi connectivity index (χ0) is 17.3. The van der Waals surface area contributed by atoms with Crippen LogP contribution in [0.3, 0.4) is 0 Å². The van der Waals surface area contributed by atoms with Crippen molar-refractivity contribution in [1.82, 2.24) is 24.6 Å². The lowest BCUT2D eigenvalue weighted by Gasteiger charge is -2.39. The maximum absolute atomic E-state index is 13.2. The predicted octanol–water partition coefficient (Wildman–Crippen LogP) is 1.83. The Balaban J connectivity index is 1.43. The molecular formula is C19H25N5O. The first-order valence-corrected chi connectivity index (χ1v) is 9.03. The number of hydrogen-bond acceptors (Lipinski definition) is 4. The Labute approximate surface area is 148 Å². The molecule has 0 unspecified atom stereocenters. The topological polar surface area (TPSA) is 54.3 Å². The maximum Gasteiger partial charge on any atom is 0.230 e. The summed E-state index contributed by atoms with van der Waals surface area (Å²) >= 11 is 0. The Morgan fingerprint density at radius 2 is 1.96 bits per heavy atom. The minimum atomic E-state index is -0.187. The van der Waals surface area contributed by atoms with E-state index in [9.17, 15) is 4.79 Å². The molecule has 2 fully saturated rings. The van der Waals surface area contributed by atoms with E-state index in [-0.39, 0.29) is 5.41 Å². The van der Waals surface area contributed by atoms with Gasteiger partial charge >= 0.3 is 0 Å². The third kappa shape index (κ3) is 3.31. The van der Waals surface area contributed by atoms with Gasteiger partial charge in [0.2, 0.25) is 5.91 Å². The van der Waals surface area contributed by atoms with Crippen LogP contribution in [-0.2, 0) is 24.9 Å². The SMILES string of the molecule is Cn1cc(CN2CCC[C@]3(CCN(Cc4ccncc4)C3=O)C2)cn1. The van der Waals surface area contributed by atoms with Crippen molar-refractivity contribution in [2.45, 2.75) is 32.4 Å². The number of aryl methyl sites for hydroxylation is 1. The van der Waals surface area contributed by atoms with Crippen LogP contribution in [0.1, 0.15) is 30.4 Å². The van der Waals surface area contributed by atoms with Crippen molar-refractivity contribution in [3.05, 3.63) is 48.0 Å². The summed E-state index contributed by atoms with van der Waals surface area (Å²) in [6.07, 6.45) is 10.7. The van der Waals surface area contributed by atoms with Crippen LogP contribution in [0.2, 0.25) is 0 Å². The molecule has 0 radical (unpaired) electrons. The number of likely N-dealkylation sites (tertiary alicyclic amines) is 2. The van der Waals surface area contributed by atoms with E-state index >= 15 is 0 Å². The molecule has 0 saturated carbocycles. The van der Waals surface area contributed by atoms with Gasteiger partial charge in [0.05, 0.1) is 11.6 Å². The van der Waals surface area contributed by atoms with Crippen molar-refractivity contribution in [2.24, 2.45) is 12.5 Å². The van der Waals surface area contributed by atoms with Crippen LogP contribution in [0.5, 0.6) is 0 Å². The Morgan fingerprint density at radius 1 is 1.12 bits per heavy atom. The van der Waals surface area contributed by atoms with Crippen LogP contribution in [0.4, 0.5) is 0 Å². The van der Waals surface area contributed by atoms with E-state index in [4.69, 9.17) is 0 Å². The smallest absolute Gasteiger partial charge is 0.230 e. The lowest BCUT2D eigenvalue weighted by molar-refractivity contribution is -0.139. The fourth-order valence-corrected chi connectivity index (χ4v) is 4.30. The van der Waals surface area contributed by atoms with E-state index in [0.29, 0.717) is 12.5 Å². The van der Waals surface area contributed by atoms with Gasteiger partial charge in [-0.1, -0.05) is 0 Å². The number of hydrogen-bond donors (Lipinski definition) is 0. The molecule has 1 amide bonds. The normalized spacial score (nSPS) is 24.4. The molecule has 4 rings (SSSR count). The summed E-state index contributed by atoms with van der Waals surface area (Å²) < 4.78 is 1.84. The van der Waals surface area contributed by atoms with Crippen molar-refractivity contribution in [1.29, 1.82) is 0 Å². The summed E-state index contributed by atoms with van der Waals surface area (Å²) in [5.74, 6) is 0.334. The monoisotopic (exact) mass is 339 g/mol. The molecule has 2 saturated heterocycles. The van der Waals surface area contributed by atoms with Gasteiger partial charge in [0.1, 0.15) is 0 Å². The molecule has 6 nitrogen and oxygen atoms in total. The maximum atomic E-state index is 13.2. The number of nitrogens with zero attached hydrogens (tertiary/aromatic N) is 5. The summed E-state index contributed by atoms with van der Waals surface area (Å²) in [4.78, 5) is 21.7. The molecular weight excluding hydrogens is 314 g/mol. The molecule has 6 heteroatoms. The molecule has 0 N–H and O–H groups in total. The van der Waals surface area contributed by atoms with E-state index in [2.05, 4.69) is 21.2 Å². The zero-order valence-electron chi connectivity index (χ0n) is 14.8. The van der Waals surface area contributed by atoms with Crippen molar-refractivity contribution in [2.75, 3.05) is 19.6 Å². The van der Waals surface area contributed by atoms with E-state index in [1.165, 1.54) is 5.56 Å². The van der Waals surface area contributed by atoms with E-state index < -0.39 is 0 Å². The lowest BCUT2D eigenvalue weighted by Crippen LogP contribution is -2.47. The van der Waals surface area contributed by atoms with Gasteiger partial charge in [-0.3, -0.25) is 19.4 Å². The van der Waals surface area contributed by atoms with Crippen molar-refractivity contribution in [3.8, 4) is 0 Å². The summed E-state index contributed by atoms with van der Waals surface area (Å²) in [6, 6.07) is 3.99. The molecule has 25 heavy (non-hydrogen) atoms. The molecule has 0 aromatic carbocycles. The quantitative estimate of drug-likeness (QED) is 0.853. The Kier molecular flexibility index (Phi) is 4.29. The lowest BCUT2D eigenvalue weighted by atomic mass is 9.78. The van der Waals surface area contributed by atoms with Crippen molar-refractivity contribution < 1.29 is 4.79 Å². The average Bonchev–Trinajstić information content (AvgIpc) is 3.15. The fourth-order valence-electron chi connectivity index (χ4n) is 4.30. The summed E-state index contributed by atoms with van der Waals surface area (Å²) in [5, 5.41) is 4.25. The first kappa shape index (κ1) is 16.3. The zero-order valence-corrected chi connectivity index (χ0v) is 14.8. The molecule has 0 bridgehead atoms.